The van der Waals surface area contributed by atoms with E-state index >= 15 is 0 Å². The Morgan fingerprint density at radius 3 is 2.22 bits per heavy atom. The van der Waals surface area contributed by atoms with Gasteiger partial charge in [0.2, 0.25) is 15.9 Å². The van der Waals surface area contributed by atoms with Gasteiger partial charge in [-0.1, -0.05) is 55.0 Å². The van der Waals surface area contributed by atoms with Crippen molar-refractivity contribution in [1.82, 2.24) is 9.62 Å². The van der Waals surface area contributed by atoms with Crippen LogP contribution in [0.3, 0.4) is 0 Å². The second kappa shape index (κ2) is 9.15. The van der Waals surface area contributed by atoms with E-state index in [0.717, 1.165) is 12.1 Å². The molecule has 0 spiro atoms. The third-order valence-electron chi connectivity index (χ3n) is 4.96. The monoisotopic (exact) mass is 386 g/mol. The number of benzene rings is 2. The molecule has 1 amide bonds. The van der Waals surface area contributed by atoms with E-state index in [1.54, 1.807) is 30.3 Å². The number of carbonyl (C=O) groups excluding carboxylic acids is 1. The molecule has 5 nitrogen and oxygen atoms in total. The van der Waals surface area contributed by atoms with Crippen molar-refractivity contribution in [3.63, 3.8) is 0 Å². The standard InChI is InChI=1S/C21H26N2O3S/c24-21(14-15-22-27(25,26)20-12-5-2-6-13-20)23(17-19-10-7-11-19)16-18-8-3-1-4-9-18/h1-6,8-9,12-13,19,22H,7,10-11,14-17H2. The summed E-state index contributed by atoms with van der Waals surface area (Å²) in [5.41, 5.74) is 1.09. The van der Waals surface area contributed by atoms with Crippen LogP contribution >= 0.6 is 0 Å². The minimum Gasteiger partial charge on any atom is -0.338 e. The molecular weight excluding hydrogens is 360 g/mol. The summed E-state index contributed by atoms with van der Waals surface area (Å²) < 4.78 is 27.1. The molecule has 1 saturated carbocycles. The average Bonchev–Trinajstić information content (AvgIpc) is 2.65. The topological polar surface area (TPSA) is 66.5 Å². The molecule has 0 aromatic heterocycles. The Balaban J connectivity index is 1.57. The van der Waals surface area contributed by atoms with Gasteiger partial charge in [0.25, 0.3) is 0 Å². The zero-order valence-corrected chi connectivity index (χ0v) is 16.2. The molecule has 1 N–H and O–H groups in total. The molecule has 1 aliphatic rings. The minimum absolute atomic E-state index is 0.0125. The fourth-order valence-electron chi connectivity index (χ4n) is 3.18. The third kappa shape index (κ3) is 5.65. The van der Waals surface area contributed by atoms with Crippen LogP contribution < -0.4 is 4.72 Å². The van der Waals surface area contributed by atoms with Crippen molar-refractivity contribution in [2.24, 2.45) is 5.92 Å². The Hall–Kier alpha value is -2.18. The first kappa shape index (κ1) is 19.6. The van der Waals surface area contributed by atoms with Crippen molar-refractivity contribution in [2.75, 3.05) is 13.1 Å². The Morgan fingerprint density at radius 1 is 1.00 bits per heavy atom. The van der Waals surface area contributed by atoms with Crippen molar-refractivity contribution >= 4 is 15.9 Å². The van der Waals surface area contributed by atoms with E-state index in [4.69, 9.17) is 0 Å². The van der Waals surface area contributed by atoms with Crippen molar-refractivity contribution in [1.29, 1.82) is 0 Å². The highest BCUT2D eigenvalue weighted by Crippen LogP contribution is 2.27. The van der Waals surface area contributed by atoms with Crippen LogP contribution in [0.25, 0.3) is 0 Å². The summed E-state index contributed by atoms with van der Waals surface area (Å²) in [5, 5.41) is 0. The lowest BCUT2D eigenvalue weighted by molar-refractivity contribution is -0.132. The number of amides is 1. The molecule has 0 saturated heterocycles. The van der Waals surface area contributed by atoms with E-state index in [2.05, 4.69) is 4.72 Å². The van der Waals surface area contributed by atoms with Gasteiger partial charge in [0.15, 0.2) is 0 Å². The van der Waals surface area contributed by atoms with Gasteiger partial charge in [0.05, 0.1) is 4.90 Å². The lowest BCUT2D eigenvalue weighted by Gasteiger charge is -2.32. The zero-order chi connectivity index (χ0) is 19.1. The van der Waals surface area contributed by atoms with E-state index < -0.39 is 10.0 Å². The van der Waals surface area contributed by atoms with Gasteiger partial charge in [-0.25, -0.2) is 13.1 Å². The third-order valence-corrected chi connectivity index (χ3v) is 6.43. The molecule has 1 aliphatic carbocycles. The van der Waals surface area contributed by atoms with Crippen molar-refractivity contribution in [3.8, 4) is 0 Å². The van der Waals surface area contributed by atoms with Crippen LogP contribution in [0.2, 0.25) is 0 Å². The largest absolute Gasteiger partial charge is 0.338 e. The molecule has 144 valence electrons. The second-order valence-corrected chi connectivity index (χ2v) is 8.78. The van der Waals surface area contributed by atoms with Crippen molar-refractivity contribution in [2.45, 2.75) is 37.1 Å². The van der Waals surface area contributed by atoms with Gasteiger partial charge in [-0.15, -0.1) is 0 Å². The Morgan fingerprint density at radius 2 is 1.63 bits per heavy atom. The number of hydrogen-bond donors (Lipinski definition) is 1. The highest BCUT2D eigenvalue weighted by Gasteiger charge is 2.24. The Labute approximate surface area is 161 Å². The van der Waals surface area contributed by atoms with Gasteiger partial charge < -0.3 is 4.90 Å². The molecule has 0 bridgehead atoms. The maximum Gasteiger partial charge on any atom is 0.240 e. The van der Waals surface area contributed by atoms with Gasteiger partial charge in [0, 0.05) is 26.1 Å². The predicted molar refractivity (Wildman–Crippen MR) is 105 cm³/mol. The van der Waals surface area contributed by atoms with E-state index in [-0.39, 0.29) is 23.8 Å². The lowest BCUT2D eigenvalue weighted by atomic mass is 9.85. The molecule has 2 aromatic carbocycles. The first-order valence-corrected chi connectivity index (χ1v) is 10.9. The van der Waals surface area contributed by atoms with E-state index in [0.29, 0.717) is 12.5 Å². The Bertz CT molecular complexity index is 834. The fourth-order valence-corrected chi connectivity index (χ4v) is 4.23. The second-order valence-electron chi connectivity index (χ2n) is 7.02. The molecule has 0 atom stereocenters. The molecule has 0 unspecified atom stereocenters. The number of rotatable bonds is 9. The van der Waals surface area contributed by atoms with E-state index in [9.17, 15) is 13.2 Å². The summed E-state index contributed by atoms with van der Waals surface area (Å²) in [6.07, 6.45) is 3.72. The summed E-state index contributed by atoms with van der Waals surface area (Å²) in [6, 6.07) is 18.1. The van der Waals surface area contributed by atoms with Crippen LogP contribution in [0.1, 0.15) is 31.2 Å². The fraction of sp³-hybridized carbons (Fsp3) is 0.381. The van der Waals surface area contributed by atoms with Gasteiger partial charge in [-0.05, 0) is 36.5 Å². The zero-order valence-electron chi connectivity index (χ0n) is 15.4. The summed E-state index contributed by atoms with van der Waals surface area (Å²) in [6.45, 7) is 1.42. The molecule has 6 heteroatoms. The molecule has 0 radical (unpaired) electrons. The van der Waals surface area contributed by atoms with Crippen molar-refractivity contribution < 1.29 is 13.2 Å². The normalized spacial score (nSPS) is 14.5. The number of nitrogens with one attached hydrogen (secondary N) is 1. The quantitative estimate of drug-likeness (QED) is 0.720. The van der Waals surface area contributed by atoms with Crippen molar-refractivity contribution in [3.05, 3.63) is 66.2 Å². The van der Waals surface area contributed by atoms with Gasteiger partial charge in [0.1, 0.15) is 0 Å². The smallest absolute Gasteiger partial charge is 0.240 e. The van der Waals surface area contributed by atoms with E-state index in [1.165, 1.54) is 19.3 Å². The molecule has 1 fully saturated rings. The van der Waals surface area contributed by atoms with E-state index in [1.807, 2.05) is 35.2 Å². The van der Waals surface area contributed by atoms with Crippen LogP contribution in [0.4, 0.5) is 0 Å². The maximum absolute atomic E-state index is 12.7. The number of carbonyl (C=O) groups is 1. The molecule has 27 heavy (non-hydrogen) atoms. The van der Waals surface area contributed by atoms with Gasteiger partial charge in [-0.2, -0.15) is 0 Å². The molecule has 0 heterocycles. The van der Waals surface area contributed by atoms with Crippen LogP contribution in [0.5, 0.6) is 0 Å². The highest BCUT2D eigenvalue weighted by atomic mass is 32.2. The minimum atomic E-state index is -3.58. The summed E-state index contributed by atoms with van der Waals surface area (Å²) in [5.74, 6) is 0.556. The number of sulfonamides is 1. The summed E-state index contributed by atoms with van der Waals surface area (Å²) in [7, 11) is -3.58. The predicted octanol–water partition coefficient (Wildman–Crippen LogP) is 3.18. The highest BCUT2D eigenvalue weighted by molar-refractivity contribution is 7.89. The van der Waals surface area contributed by atoms with Crippen LogP contribution in [0, 0.1) is 5.92 Å². The lowest BCUT2D eigenvalue weighted by Crippen LogP contribution is -2.38. The molecular formula is C21H26N2O3S. The first-order valence-electron chi connectivity index (χ1n) is 9.41. The summed E-state index contributed by atoms with van der Waals surface area (Å²) in [4.78, 5) is 14.8. The van der Waals surface area contributed by atoms with Crippen LogP contribution in [-0.2, 0) is 21.4 Å². The first-order chi connectivity index (χ1) is 13.0. The Kier molecular flexibility index (Phi) is 6.63. The maximum atomic E-state index is 12.7. The van der Waals surface area contributed by atoms with Crippen LogP contribution in [-0.4, -0.2) is 32.3 Å². The number of nitrogens with zero attached hydrogens (tertiary/aromatic N) is 1. The van der Waals surface area contributed by atoms with Gasteiger partial charge >= 0.3 is 0 Å². The SMILES string of the molecule is O=C(CCNS(=O)(=O)c1ccccc1)N(Cc1ccccc1)CC1CCC1. The van der Waals surface area contributed by atoms with Crippen LogP contribution in [0.15, 0.2) is 65.6 Å². The molecule has 2 aromatic rings. The molecule has 0 aliphatic heterocycles. The summed E-state index contributed by atoms with van der Waals surface area (Å²) >= 11 is 0. The average molecular weight is 387 g/mol. The number of hydrogen-bond acceptors (Lipinski definition) is 3. The molecule has 3 rings (SSSR count). The van der Waals surface area contributed by atoms with Gasteiger partial charge in [-0.3, -0.25) is 4.79 Å².